The van der Waals surface area contributed by atoms with Crippen molar-refractivity contribution < 1.29 is 18.7 Å². The first-order chi connectivity index (χ1) is 15.6. The van der Waals surface area contributed by atoms with Gasteiger partial charge in [0, 0.05) is 33.6 Å². The van der Waals surface area contributed by atoms with Crippen LogP contribution in [0.1, 0.15) is 20.7 Å². The zero-order valence-electron chi connectivity index (χ0n) is 16.8. The van der Waals surface area contributed by atoms with Crippen LogP contribution >= 0.6 is 0 Å². The van der Waals surface area contributed by atoms with Gasteiger partial charge in [-0.3, -0.25) is 4.79 Å². The van der Waals surface area contributed by atoms with Gasteiger partial charge in [-0.15, -0.1) is 0 Å². The lowest BCUT2D eigenvalue weighted by Gasteiger charge is -2.10. The Balaban J connectivity index is 1.45. The number of pyridine rings is 1. The Morgan fingerprint density at radius 2 is 1.59 bits per heavy atom. The molecule has 1 N–H and O–H groups in total. The minimum Gasteiger partial charge on any atom is -0.454 e. The number of aromatic amines is 1. The van der Waals surface area contributed by atoms with Crippen molar-refractivity contribution in [2.45, 2.75) is 0 Å². The van der Waals surface area contributed by atoms with Crippen molar-refractivity contribution in [1.82, 2.24) is 9.97 Å². The molecule has 0 atom stereocenters. The number of fused-ring (bicyclic) bond motifs is 2. The molecule has 0 bridgehead atoms. The maximum absolute atomic E-state index is 13.3. The topological polar surface area (TPSA) is 72.1 Å². The number of hydrogen-bond donors (Lipinski definition) is 1. The van der Waals surface area contributed by atoms with Gasteiger partial charge in [0.05, 0.1) is 16.8 Å². The molecule has 0 amide bonds. The van der Waals surface area contributed by atoms with E-state index < -0.39 is 5.97 Å². The van der Waals surface area contributed by atoms with E-state index in [1.165, 1.54) is 12.1 Å². The first kappa shape index (κ1) is 19.6. The van der Waals surface area contributed by atoms with Gasteiger partial charge in [-0.05, 0) is 42.5 Å². The maximum Gasteiger partial charge on any atom is 0.339 e. The van der Waals surface area contributed by atoms with Crippen LogP contribution in [0.5, 0.6) is 0 Å². The molecule has 32 heavy (non-hydrogen) atoms. The minimum absolute atomic E-state index is 0.293. The second kappa shape index (κ2) is 8.07. The van der Waals surface area contributed by atoms with Crippen LogP contribution in [0.4, 0.5) is 4.39 Å². The van der Waals surface area contributed by atoms with Crippen LogP contribution in [0, 0.1) is 5.82 Å². The molecule has 0 fully saturated rings. The highest BCUT2D eigenvalue weighted by Crippen LogP contribution is 2.26. The van der Waals surface area contributed by atoms with E-state index in [1.54, 1.807) is 42.6 Å². The van der Waals surface area contributed by atoms with E-state index in [1.807, 2.05) is 30.3 Å². The molecule has 0 radical (unpaired) electrons. The number of carbonyl (C=O) groups is 2. The van der Waals surface area contributed by atoms with Gasteiger partial charge in [-0.2, -0.15) is 0 Å². The number of para-hydroxylation sites is 2. The molecule has 5 rings (SSSR count). The minimum atomic E-state index is -0.625. The van der Waals surface area contributed by atoms with Crippen LogP contribution in [0.3, 0.4) is 0 Å². The average Bonchev–Trinajstić information content (AvgIpc) is 3.26. The van der Waals surface area contributed by atoms with Crippen molar-refractivity contribution in [2.24, 2.45) is 0 Å². The molecule has 0 aliphatic rings. The van der Waals surface area contributed by atoms with Crippen LogP contribution in [-0.4, -0.2) is 28.3 Å². The van der Waals surface area contributed by atoms with Crippen molar-refractivity contribution in [1.29, 1.82) is 0 Å². The lowest BCUT2D eigenvalue weighted by molar-refractivity contribution is 0.0477. The summed E-state index contributed by atoms with van der Waals surface area (Å²) in [6.45, 7) is -0.386. The number of carbonyl (C=O) groups excluding carboxylic acids is 2. The zero-order valence-corrected chi connectivity index (χ0v) is 16.8. The predicted octanol–water partition coefficient (Wildman–Crippen LogP) is 5.56. The molecule has 0 unspecified atom stereocenters. The number of ether oxygens (including phenoxy) is 1. The van der Waals surface area contributed by atoms with E-state index in [0.29, 0.717) is 33.3 Å². The highest BCUT2D eigenvalue weighted by atomic mass is 19.1. The highest BCUT2D eigenvalue weighted by Gasteiger charge is 2.18. The molecule has 2 aromatic heterocycles. The first-order valence-electron chi connectivity index (χ1n) is 10.0. The summed E-state index contributed by atoms with van der Waals surface area (Å²) in [6, 6.07) is 22.1. The first-order valence-corrected chi connectivity index (χ1v) is 10.0. The van der Waals surface area contributed by atoms with Crippen molar-refractivity contribution in [3.63, 3.8) is 0 Å². The molecule has 0 aliphatic heterocycles. The van der Waals surface area contributed by atoms with Gasteiger partial charge in [0.15, 0.2) is 6.61 Å². The van der Waals surface area contributed by atoms with Crippen molar-refractivity contribution >= 4 is 33.6 Å². The van der Waals surface area contributed by atoms with Crippen LogP contribution in [0.2, 0.25) is 0 Å². The molecule has 0 saturated carbocycles. The summed E-state index contributed by atoms with van der Waals surface area (Å²) in [5.74, 6) is -1.28. The number of esters is 1. The zero-order chi connectivity index (χ0) is 22.1. The third-order valence-corrected chi connectivity index (χ3v) is 5.30. The molecular formula is C26H17FN2O3. The standard InChI is InChI=1S/C26H17FN2O3/c27-17-11-9-16(10-12-17)24-13-20(18-5-2-4-8-23(18)29-24)26(31)32-15-25(30)21-14-28-22-7-3-1-6-19(21)22/h1-14,28H,15H2. The summed E-state index contributed by atoms with van der Waals surface area (Å²) >= 11 is 0. The molecule has 3 aromatic carbocycles. The number of H-pyrrole nitrogens is 1. The molecule has 0 aliphatic carbocycles. The second-order valence-electron chi connectivity index (χ2n) is 7.33. The molecule has 5 nitrogen and oxygen atoms in total. The van der Waals surface area contributed by atoms with Crippen molar-refractivity contribution in [3.05, 3.63) is 102 Å². The number of nitrogens with zero attached hydrogens (tertiary/aromatic N) is 1. The van der Waals surface area contributed by atoms with E-state index in [2.05, 4.69) is 9.97 Å². The number of rotatable bonds is 5. The van der Waals surface area contributed by atoms with Gasteiger partial charge in [-0.25, -0.2) is 14.2 Å². The van der Waals surface area contributed by atoms with E-state index >= 15 is 0 Å². The van der Waals surface area contributed by atoms with Crippen LogP contribution in [-0.2, 0) is 4.74 Å². The molecule has 156 valence electrons. The fraction of sp³-hybridized carbons (Fsp3) is 0.0385. The molecule has 6 heteroatoms. The lowest BCUT2D eigenvalue weighted by Crippen LogP contribution is -2.14. The van der Waals surface area contributed by atoms with E-state index in [9.17, 15) is 14.0 Å². The predicted molar refractivity (Wildman–Crippen MR) is 120 cm³/mol. The van der Waals surface area contributed by atoms with Gasteiger partial charge in [0.2, 0.25) is 5.78 Å². The number of aromatic nitrogens is 2. The van der Waals surface area contributed by atoms with Crippen molar-refractivity contribution in [3.8, 4) is 11.3 Å². The SMILES string of the molecule is O=C(OCC(=O)c1c[nH]c2ccccc12)c1cc(-c2ccc(F)cc2)nc2ccccc12. The van der Waals surface area contributed by atoms with Crippen LogP contribution < -0.4 is 0 Å². The number of hydrogen-bond acceptors (Lipinski definition) is 4. The maximum atomic E-state index is 13.3. The smallest absolute Gasteiger partial charge is 0.339 e. The van der Waals surface area contributed by atoms with Gasteiger partial charge < -0.3 is 9.72 Å². The monoisotopic (exact) mass is 424 g/mol. The Morgan fingerprint density at radius 1 is 0.875 bits per heavy atom. The summed E-state index contributed by atoms with van der Waals surface area (Å²) in [6.07, 6.45) is 1.62. The van der Waals surface area contributed by atoms with E-state index in [4.69, 9.17) is 4.74 Å². The lowest BCUT2D eigenvalue weighted by atomic mass is 10.0. The largest absolute Gasteiger partial charge is 0.454 e. The Hall–Kier alpha value is -4.32. The Bertz CT molecular complexity index is 1470. The van der Waals surface area contributed by atoms with Gasteiger partial charge in [0.25, 0.3) is 0 Å². The van der Waals surface area contributed by atoms with Crippen LogP contribution in [0.15, 0.2) is 85.1 Å². The van der Waals surface area contributed by atoms with Gasteiger partial charge >= 0.3 is 5.97 Å². The normalized spacial score (nSPS) is 11.0. The van der Waals surface area contributed by atoms with Gasteiger partial charge in [-0.1, -0.05) is 36.4 Å². The number of benzene rings is 3. The molecular weight excluding hydrogens is 407 g/mol. The van der Waals surface area contributed by atoms with Crippen molar-refractivity contribution in [2.75, 3.05) is 6.61 Å². The highest BCUT2D eigenvalue weighted by molar-refractivity contribution is 6.10. The molecule has 0 spiro atoms. The summed E-state index contributed by atoms with van der Waals surface area (Å²) in [5.41, 5.74) is 3.39. The summed E-state index contributed by atoms with van der Waals surface area (Å²) in [4.78, 5) is 33.3. The number of Topliss-reactive ketones (excluding diaryl/α,β-unsaturated/α-hetero) is 1. The Kier molecular flexibility index (Phi) is 4.95. The third kappa shape index (κ3) is 3.63. The average molecular weight is 424 g/mol. The van der Waals surface area contributed by atoms with E-state index in [-0.39, 0.29) is 18.2 Å². The molecule has 0 saturated heterocycles. The van der Waals surface area contributed by atoms with E-state index in [0.717, 1.165) is 10.9 Å². The summed E-state index contributed by atoms with van der Waals surface area (Å²) < 4.78 is 18.7. The fourth-order valence-corrected chi connectivity index (χ4v) is 3.70. The number of ketones is 1. The Labute approximate surface area is 182 Å². The molecule has 2 heterocycles. The quantitative estimate of drug-likeness (QED) is 0.296. The van der Waals surface area contributed by atoms with Crippen LogP contribution in [0.25, 0.3) is 33.1 Å². The number of halogens is 1. The number of nitrogens with one attached hydrogen (secondary N) is 1. The summed E-state index contributed by atoms with van der Waals surface area (Å²) in [5, 5.41) is 1.39. The fourth-order valence-electron chi connectivity index (χ4n) is 3.70. The van der Waals surface area contributed by atoms with Gasteiger partial charge in [0.1, 0.15) is 5.82 Å². The summed E-state index contributed by atoms with van der Waals surface area (Å²) in [7, 11) is 0. The Morgan fingerprint density at radius 3 is 2.41 bits per heavy atom. The second-order valence-corrected chi connectivity index (χ2v) is 7.33. The molecule has 5 aromatic rings. The third-order valence-electron chi connectivity index (χ3n) is 5.30.